The molecule has 3 heteroatoms. The predicted octanol–water partition coefficient (Wildman–Crippen LogP) is 2.94. The molecule has 0 spiro atoms. The van der Waals surface area contributed by atoms with E-state index in [0.717, 1.165) is 35.6 Å². The van der Waals surface area contributed by atoms with Crippen molar-refractivity contribution in [2.45, 2.75) is 25.7 Å². The first-order chi connectivity index (χ1) is 8.83. The molecular weight excluding hydrogens is 224 g/mol. The Bertz CT molecular complexity index is 532. The lowest BCUT2D eigenvalue weighted by Gasteiger charge is -2.05. The lowest BCUT2D eigenvalue weighted by molar-refractivity contribution is 0.0981. The summed E-state index contributed by atoms with van der Waals surface area (Å²) in [6.07, 6.45) is 7.05. The van der Waals surface area contributed by atoms with Crippen molar-refractivity contribution in [1.82, 2.24) is 4.98 Å². The van der Waals surface area contributed by atoms with Gasteiger partial charge in [-0.25, -0.2) is 0 Å². The molecule has 0 saturated carbocycles. The first-order valence-electron chi connectivity index (χ1n) is 6.39. The quantitative estimate of drug-likeness (QED) is 0.626. The SMILES string of the molecule is NCCCCCC(=O)c1cccc2cnccc12. The van der Waals surface area contributed by atoms with Crippen LogP contribution in [0.15, 0.2) is 36.7 Å². The van der Waals surface area contributed by atoms with Gasteiger partial charge in [0.05, 0.1) is 0 Å². The third-order valence-corrected chi connectivity index (χ3v) is 3.09. The van der Waals surface area contributed by atoms with Crippen molar-refractivity contribution in [2.75, 3.05) is 6.54 Å². The first-order valence-corrected chi connectivity index (χ1v) is 6.39. The second-order valence-corrected chi connectivity index (χ2v) is 4.42. The van der Waals surface area contributed by atoms with Crippen LogP contribution in [0.2, 0.25) is 0 Å². The first kappa shape index (κ1) is 12.7. The largest absolute Gasteiger partial charge is 0.330 e. The van der Waals surface area contributed by atoms with Crippen molar-refractivity contribution in [1.29, 1.82) is 0 Å². The Morgan fingerprint density at radius 1 is 1.17 bits per heavy atom. The molecule has 0 atom stereocenters. The number of hydrogen-bond donors (Lipinski definition) is 1. The van der Waals surface area contributed by atoms with Crippen molar-refractivity contribution in [3.05, 3.63) is 42.2 Å². The molecule has 94 valence electrons. The van der Waals surface area contributed by atoms with Crippen LogP contribution in [0.1, 0.15) is 36.0 Å². The summed E-state index contributed by atoms with van der Waals surface area (Å²) in [4.78, 5) is 16.2. The summed E-state index contributed by atoms with van der Waals surface area (Å²) in [5.41, 5.74) is 6.25. The van der Waals surface area contributed by atoms with E-state index in [-0.39, 0.29) is 5.78 Å². The van der Waals surface area contributed by atoms with Crippen LogP contribution in [0, 0.1) is 0 Å². The van der Waals surface area contributed by atoms with E-state index < -0.39 is 0 Å². The summed E-state index contributed by atoms with van der Waals surface area (Å²) in [6, 6.07) is 7.70. The number of ketones is 1. The number of rotatable bonds is 6. The fourth-order valence-electron chi connectivity index (χ4n) is 2.11. The van der Waals surface area contributed by atoms with Crippen molar-refractivity contribution >= 4 is 16.6 Å². The van der Waals surface area contributed by atoms with Gasteiger partial charge in [0, 0.05) is 29.8 Å². The van der Waals surface area contributed by atoms with Crippen LogP contribution in [0.4, 0.5) is 0 Å². The molecule has 1 heterocycles. The lowest BCUT2D eigenvalue weighted by Crippen LogP contribution is -2.02. The Balaban J connectivity index is 2.13. The van der Waals surface area contributed by atoms with E-state index in [2.05, 4.69) is 4.98 Å². The van der Waals surface area contributed by atoms with Crippen LogP contribution in [-0.4, -0.2) is 17.3 Å². The topological polar surface area (TPSA) is 56.0 Å². The molecule has 0 bridgehead atoms. The van der Waals surface area contributed by atoms with E-state index in [4.69, 9.17) is 5.73 Å². The molecule has 0 aliphatic rings. The highest BCUT2D eigenvalue weighted by molar-refractivity contribution is 6.07. The van der Waals surface area contributed by atoms with Gasteiger partial charge in [0.25, 0.3) is 0 Å². The fourth-order valence-corrected chi connectivity index (χ4v) is 2.11. The van der Waals surface area contributed by atoms with Crippen molar-refractivity contribution in [2.24, 2.45) is 5.73 Å². The number of Topliss-reactive ketones (excluding diaryl/α,β-unsaturated/α-hetero) is 1. The highest BCUT2D eigenvalue weighted by atomic mass is 16.1. The number of pyridine rings is 1. The zero-order chi connectivity index (χ0) is 12.8. The number of carbonyl (C=O) groups is 1. The van der Waals surface area contributed by atoms with E-state index in [0.29, 0.717) is 13.0 Å². The van der Waals surface area contributed by atoms with Gasteiger partial charge in [-0.1, -0.05) is 24.6 Å². The van der Waals surface area contributed by atoms with Gasteiger partial charge in [-0.3, -0.25) is 9.78 Å². The van der Waals surface area contributed by atoms with Gasteiger partial charge in [-0.2, -0.15) is 0 Å². The van der Waals surface area contributed by atoms with E-state index in [1.165, 1.54) is 0 Å². The normalized spacial score (nSPS) is 10.7. The molecule has 1 aromatic carbocycles. The average Bonchev–Trinajstić information content (AvgIpc) is 2.43. The van der Waals surface area contributed by atoms with Gasteiger partial charge in [0.15, 0.2) is 5.78 Å². The van der Waals surface area contributed by atoms with Crippen LogP contribution in [0.5, 0.6) is 0 Å². The van der Waals surface area contributed by atoms with Crippen LogP contribution < -0.4 is 5.73 Å². The van der Waals surface area contributed by atoms with Gasteiger partial charge >= 0.3 is 0 Å². The molecule has 3 nitrogen and oxygen atoms in total. The monoisotopic (exact) mass is 242 g/mol. The number of unbranched alkanes of at least 4 members (excludes halogenated alkanes) is 2. The average molecular weight is 242 g/mol. The summed E-state index contributed by atoms with van der Waals surface area (Å²) in [5, 5.41) is 2.02. The molecule has 0 fully saturated rings. The summed E-state index contributed by atoms with van der Waals surface area (Å²) < 4.78 is 0. The minimum atomic E-state index is 0.212. The molecular formula is C15H18N2O. The third-order valence-electron chi connectivity index (χ3n) is 3.09. The zero-order valence-corrected chi connectivity index (χ0v) is 10.4. The smallest absolute Gasteiger partial charge is 0.163 e. The minimum Gasteiger partial charge on any atom is -0.330 e. The Kier molecular flexibility index (Phi) is 4.42. The van der Waals surface area contributed by atoms with Crippen molar-refractivity contribution < 1.29 is 4.79 Å². The highest BCUT2D eigenvalue weighted by Gasteiger charge is 2.09. The summed E-state index contributed by atoms with van der Waals surface area (Å²) >= 11 is 0. The number of hydrogen-bond acceptors (Lipinski definition) is 3. The van der Waals surface area contributed by atoms with E-state index >= 15 is 0 Å². The Morgan fingerprint density at radius 3 is 2.89 bits per heavy atom. The van der Waals surface area contributed by atoms with Crippen molar-refractivity contribution in [3.63, 3.8) is 0 Å². The minimum absolute atomic E-state index is 0.212. The Hall–Kier alpha value is -1.74. The second kappa shape index (κ2) is 6.26. The maximum absolute atomic E-state index is 12.2. The molecule has 0 saturated heterocycles. The number of fused-ring (bicyclic) bond motifs is 1. The molecule has 2 N–H and O–H groups in total. The van der Waals surface area contributed by atoms with Gasteiger partial charge in [0.1, 0.15) is 0 Å². The highest BCUT2D eigenvalue weighted by Crippen LogP contribution is 2.19. The summed E-state index contributed by atoms with van der Waals surface area (Å²) in [5.74, 6) is 0.212. The van der Waals surface area contributed by atoms with Crippen LogP contribution in [-0.2, 0) is 0 Å². The van der Waals surface area contributed by atoms with E-state index in [1.54, 1.807) is 12.4 Å². The van der Waals surface area contributed by atoms with E-state index in [9.17, 15) is 4.79 Å². The Morgan fingerprint density at radius 2 is 2.06 bits per heavy atom. The van der Waals surface area contributed by atoms with Crippen molar-refractivity contribution in [3.8, 4) is 0 Å². The molecule has 0 radical (unpaired) electrons. The third kappa shape index (κ3) is 2.93. The maximum atomic E-state index is 12.2. The predicted molar refractivity (Wildman–Crippen MR) is 73.6 cm³/mol. The van der Waals surface area contributed by atoms with E-state index in [1.807, 2.05) is 24.3 Å². The molecule has 1 aromatic heterocycles. The molecule has 0 aliphatic heterocycles. The van der Waals surface area contributed by atoms with Gasteiger partial charge < -0.3 is 5.73 Å². The maximum Gasteiger partial charge on any atom is 0.163 e. The number of benzene rings is 1. The second-order valence-electron chi connectivity index (χ2n) is 4.42. The number of aromatic nitrogens is 1. The molecule has 18 heavy (non-hydrogen) atoms. The van der Waals surface area contributed by atoms with Crippen LogP contribution >= 0.6 is 0 Å². The summed E-state index contributed by atoms with van der Waals surface area (Å²) in [6.45, 7) is 0.703. The van der Waals surface area contributed by atoms with Crippen LogP contribution in [0.3, 0.4) is 0 Å². The molecule has 0 aliphatic carbocycles. The summed E-state index contributed by atoms with van der Waals surface area (Å²) in [7, 11) is 0. The standard InChI is InChI=1S/C15H18N2O/c16-9-3-1-2-7-15(18)14-6-4-5-12-11-17-10-8-13(12)14/h4-6,8,10-11H,1-3,7,9,16H2. The molecule has 0 unspecified atom stereocenters. The van der Waals surface area contributed by atoms with Crippen LogP contribution in [0.25, 0.3) is 10.8 Å². The number of carbonyl (C=O) groups excluding carboxylic acids is 1. The van der Waals surface area contributed by atoms with Gasteiger partial charge in [-0.05, 0) is 30.8 Å². The lowest BCUT2D eigenvalue weighted by atomic mass is 9.99. The molecule has 2 rings (SSSR count). The van der Waals surface area contributed by atoms with Gasteiger partial charge in [0.2, 0.25) is 0 Å². The number of nitrogens with two attached hydrogens (primary N) is 1. The fraction of sp³-hybridized carbons (Fsp3) is 0.333. The van der Waals surface area contributed by atoms with Gasteiger partial charge in [-0.15, -0.1) is 0 Å². The number of nitrogens with zero attached hydrogens (tertiary/aromatic N) is 1. The zero-order valence-electron chi connectivity index (χ0n) is 10.4. The molecule has 2 aromatic rings. The molecule has 0 amide bonds. The Labute approximate surface area is 107 Å².